The van der Waals surface area contributed by atoms with Gasteiger partial charge in [0.15, 0.2) is 0 Å². The molecule has 3 rings (SSSR count). The number of nitrogens with two attached hydrogens (primary N) is 1. The molecule has 6 nitrogen and oxygen atoms in total. The van der Waals surface area contributed by atoms with E-state index in [1.54, 1.807) is 6.20 Å². The fourth-order valence-corrected chi connectivity index (χ4v) is 2.24. The lowest BCUT2D eigenvalue weighted by atomic mass is 10.3. The molecule has 0 saturated heterocycles. The van der Waals surface area contributed by atoms with Crippen molar-refractivity contribution in [2.45, 2.75) is 38.3 Å². The average molecular weight is 233 g/mol. The first kappa shape index (κ1) is 10.5. The van der Waals surface area contributed by atoms with E-state index in [1.807, 2.05) is 17.5 Å². The van der Waals surface area contributed by atoms with Crippen LogP contribution in [0, 0.1) is 6.92 Å². The van der Waals surface area contributed by atoms with Crippen molar-refractivity contribution in [3.05, 3.63) is 18.2 Å². The number of hydrogen-bond acceptors (Lipinski definition) is 5. The van der Waals surface area contributed by atoms with E-state index in [-0.39, 0.29) is 12.1 Å². The van der Waals surface area contributed by atoms with E-state index in [0.29, 0.717) is 11.5 Å². The minimum Gasteiger partial charge on any atom is -0.472 e. The number of fused-ring (bicyclic) bond motifs is 1. The van der Waals surface area contributed by atoms with Gasteiger partial charge in [-0.1, -0.05) is 0 Å². The largest absolute Gasteiger partial charge is 0.472 e. The SMILES string of the molecule is Cc1nnc2c(OC3CCC(N)C3)nccn12. The molecule has 2 atom stereocenters. The summed E-state index contributed by atoms with van der Waals surface area (Å²) in [6, 6.07) is 0.249. The molecule has 1 aliphatic carbocycles. The summed E-state index contributed by atoms with van der Waals surface area (Å²) in [5, 5.41) is 8.09. The Bertz CT molecular complexity index is 538. The van der Waals surface area contributed by atoms with Crippen molar-refractivity contribution in [1.29, 1.82) is 0 Å². The van der Waals surface area contributed by atoms with Crippen molar-refractivity contribution in [2.75, 3.05) is 0 Å². The zero-order chi connectivity index (χ0) is 11.8. The van der Waals surface area contributed by atoms with Gasteiger partial charge in [0.25, 0.3) is 5.88 Å². The summed E-state index contributed by atoms with van der Waals surface area (Å²) < 4.78 is 7.73. The summed E-state index contributed by atoms with van der Waals surface area (Å²) in [6.07, 6.45) is 6.57. The minimum absolute atomic E-state index is 0.153. The molecule has 90 valence electrons. The second kappa shape index (κ2) is 3.96. The van der Waals surface area contributed by atoms with Crippen LogP contribution in [0.2, 0.25) is 0 Å². The van der Waals surface area contributed by atoms with Crippen LogP contribution in [0.1, 0.15) is 25.1 Å². The molecule has 2 N–H and O–H groups in total. The minimum atomic E-state index is 0.153. The second-order valence-corrected chi connectivity index (χ2v) is 4.49. The lowest BCUT2D eigenvalue weighted by molar-refractivity contribution is 0.201. The Labute approximate surface area is 98.8 Å². The maximum Gasteiger partial charge on any atom is 0.260 e. The van der Waals surface area contributed by atoms with Crippen LogP contribution in [0.15, 0.2) is 12.4 Å². The molecule has 17 heavy (non-hydrogen) atoms. The van der Waals surface area contributed by atoms with Crippen molar-refractivity contribution < 1.29 is 4.74 Å². The zero-order valence-corrected chi connectivity index (χ0v) is 9.71. The van der Waals surface area contributed by atoms with Gasteiger partial charge in [-0.05, 0) is 26.2 Å². The summed E-state index contributed by atoms with van der Waals surface area (Å²) >= 11 is 0. The quantitative estimate of drug-likeness (QED) is 0.825. The molecule has 1 fully saturated rings. The number of ether oxygens (including phenoxy) is 1. The first-order valence-electron chi connectivity index (χ1n) is 5.82. The average Bonchev–Trinajstić information content (AvgIpc) is 2.88. The summed E-state index contributed by atoms with van der Waals surface area (Å²) in [5.41, 5.74) is 6.53. The molecule has 0 aromatic carbocycles. The number of aryl methyl sites for hydroxylation is 1. The molecule has 6 heteroatoms. The van der Waals surface area contributed by atoms with Gasteiger partial charge in [-0.15, -0.1) is 10.2 Å². The molecule has 1 saturated carbocycles. The Morgan fingerprint density at radius 1 is 1.41 bits per heavy atom. The lowest BCUT2D eigenvalue weighted by Crippen LogP contribution is -2.19. The van der Waals surface area contributed by atoms with Crippen LogP contribution in [-0.2, 0) is 0 Å². The van der Waals surface area contributed by atoms with Crippen molar-refractivity contribution in [3.8, 4) is 5.88 Å². The summed E-state index contributed by atoms with van der Waals surface area (Å²) in [7, 11) is 0. The number of aromatic nitrogens is 4. The van der Waals surface area contributed by atoms with E-state index in [4.69, 9.17) is 10.5 Å². The molecule has 1 aliphatic rings. The van der Waals surface area contributed by atoms with Crippen LogP contribution in [0.3, 0.4) is 0 Å². The van der Waals surface area contributed by atoms with E-state index < -0.39 is 0 Å². The van der Waals surface area contributed by atoms with Gasteiger partial charge in [0.1, 0.15) is 11.9 Å². The van der Waals surface area contributed by atoms with Crippen LogP contribution in [0.5, 0.6) is 5.88 Å². The predicted octanol–water partition coefficient (Wildman–Crippen LogP) is 0.691. The van der Waals surface area contributed by atoms with Crippen LogP contribution in [-0.4, -0.2) is 31.7 Å². The van der Waals surface area contributed by atoms with E-state index in [1.165, 1.54) is 0 Å². The highest BCUT2D eigenvalue weighted by Crippen LogP contribution is 2.24. The van der Waals surface area contributed by atoms with Gasteiger partial charge in [0.2, 0.25) is 5.65 Å². The maximum absolute atomic E-state index is 5.86. The van der Waals surface area contributed by atoms with E-state index in [0.717, 1.165) is 25.1 Å². The lowest BCUT2D eigenvalue weighted by Gasteiger charge is -2.12. The van der Waals surface area contributed by atoms with Gasteiger partial charge in [-0.25, -0.2) is 4.98 Å². The smallest absolute Gasteiger partial charge is 0.260 e. The number of rotatable bonds is 2. The Morgan fingerprint density at radius 3 is 3.06 bits per heavy atom. The van der Waals surface area contributed by atoms with Crippen LogP contribution in [0.4, 0.5) is 0 Å². The molecular formula is C11H15N5O. The molecule has 0 amide bonds. The van der Waals surface area contributed by atoms with E-state index >= 15 is 0 Å². The maximum atomic E-state index is 5.86. The monoisotopic (exact) mass is 233 g/mol. The normalized spacial score (nSPS) is 24.4. The van der Waals surface area contributed by atoms with Gasteiger partial charge in [-0.3, -0.25) is 4.40 Å². The van der Waals surface area contributed by atoms with Crippen LogP contribution >= 0.6 is 0 Å². The van der Waals surface area contributed by atoms with Gasteiger partial charge in [0.05, 0.1) is 0 Å². The molecule has 2 heterocycles. The van der Waals surface area contributed by atoms with Crippen molar-refractivity contribution in [3.63, 3.8) is 0 Å². The molecule has 0 aliphatic heterocycles. The fraction of sp³-hybridized carbons (Fsp3) is 0.545. The topological polar surface area (TPSA) is 78.3 Å². The standard InChI is InChI=1S/C11H15N5O/c1-7-14-15-10-11(13-4-5-16(7)10)17-9-3-2-8(12)6-9/h4-5,8-9H,2-3,6,12H2,1H3. The third kappa shape index (κ3) is 1.84. The highest BCUT2D eigenvalue weighted by atomic mass is 16.5. The first-order chi connectivity index (χ1) is 8.24. The van der Waals surface area contributed by atoms with Crippen molar-refractivity contribution in [2.24, 2.45) is 5.73 Å². The highest BCUT2D eigenvalue weighted by molar-refractivity contribution is 5.48. The van der Waals surface area contributed by atoms with Gasteiger partial charge < -0.3 is 10.5 Å². The van der Waals surface area contributed by atoms with Crippen molar-refractivity contribution >= 4 is 5.65 Å². The number of hydrogen-bond donors (Lipinski definition) is 1. The highest BCUT2D eigenvalue weighted by Gasteiger charge is 2.24. The van der Waals surface area contributed by atoms with Gasteiger partial charge in [0, 0.05) is 18.4 Å². The van der Waals surface area contributed by atoms with Gasteiger partial charge in [-0.2, -0.15) is 0 Å². The predicted molar refractivity (Wildman–Crippen MR) is 61.8 cm³/mol. The van der Waals surface area contributed by atoms with Crippen LogP contribution in [0.25, 0.3) is 5.65 Å². The third-order valence-corrected chi connectivity index (χ3v) is 3.17. The Balaban J connectivity index is 1.90. The second-order valence-electron chi connectivity index (χ2n) is 4.49. The van der Waals surface area contributed by atoms with Crippen molar-refractivity contribution in [1.82, 2.24) is 19.6 Å². The first-order valence-corrected chi connectivity index (χ1v) is 5.82. The molecule has 2 aromatic rings. The molecule has 2 unspecified atom stereocenters. The van der Waals surface area contributed by atoms with Crippen LogP contribution < -0.4 is 10.5 Å². The summed E-state index contributed by atoms with van der Waals surface area (Å²) in [4.78, 5) is 4.22. The Hall–Kier alpha value is -1.69. The molecule has 0 radical (unpaired) electrons. The van der Waals surface area contributed by atoms with E-state index in [9.17, 15) is 0 Å². The Morgan fingerprint density at radius 2 is 2.29 bits per heavy atom. The third-order valence-electron chi connectivity index (χ3n) is 3.17. The molecule has 0 bridgehead atoms. The molecule has 0 spiro atoms. The Kier molecular flexibility index (Phi) is 2.44. The molecular weight excluding hydrogens is 218 g/mol. The summed E-state index contributed by atoms with van der Waals surface area (Å²) in [6.45, 7) is 1.90. The van der Waals surface area contributed by atoms with Gasteiger partial charge >= 0.3 is 0 Å². The number of nitrogens with zero attached hydrogens (tertiary/aromatic N) is 4. The van der Waals surface area contributed by atoms with E-state index in [2.05, 4.69) is 15.2 Å². The fourth-order valence-electron chi connectivity index (χ4n) is 2.24. The molecule has 2 aromatic heterocycles. The zero-order valence-electron chi connectivity index (χ0n) is 9.71. The summed E-state index contributed by atoms with van der Waals surface area (Å²) in [5.74, 6) is 1.38.